The van der Waals surface area contributed by atoms with Crippen LogP contribution in [-0.4, -0.2) is 23.5 Å². The summed E-state index contributed by atoms with van der Waals surface area (Å²) < 4.78 is 0. The Hall–Kier alpha value is -1.84. The highest BCUT2D eigenvalue weighted by Crippen LogP contribution is 2.17. The number of aliphatic carboxylic acids is 1. The number of nitrogens with one attached hydrogen (secondary N) is 1. The summed E-state index contributed by atoms with van der Waals surface area (Å²) in [5.74, 6) is -0.884. The highest BCUT2D eigenvalue weighted by Gasteiger charge is 2.22. The van der Waals surface area contributed by atoms with Crippen molar-refractivity contribution in [2.24, 2.45) is 11.8 Å². The Morgan fingerprint density at radius 3 is 2.37 bits per heavy atom. The maximum Gasteiger partial charge on any atom is 0.305 e. The topological polar surface area (TPSA) is 66.4 Å². The number of hydrogen-bond donors (Lipinski definition) is 2. The Balaban J connectivity index is 2.57. The number of hydrogen-bond acceptors (Lipinski definition) is 2. The third kappa shape index (κ3) is 5.55. The summed E-state index contributed by atoms with van der Waals surface area (Å²) in [6.45, 7) is 4.20. The van der Waals surface area contributed by atoms with E-state index in [1.165, 1.54) is 0 Å². The first-order valence-corrected chi connectivity index (χ1v) is 6.54. The summed E-state index contributed by atoms with van der Waals surface area (Å²) in [7, 11) is 0. The quantitative estimate of drug-likeness (QED) is 0.791. The number of rotatable bonds is 7. The molecule has 0 aliphatic carbocycles. The molecule has 0 saturated heterocycles. The summed E-state index contributed by atoms with van der Waals surface area (Å²) in [5, 5.41) is 11.3. The van der Waals surface area contributed by atoms with Crippen LogP contribution in [0.4, 0.5) is 0 Å². The molecule has 1 amide bonds. The van der Waals surface area contributed by atoms with Crippen molar-refractivity contribution in [1.29, 1.82) is 0 Å². The number of carboxylic acid groups (broad SMARTS) is 1. The van der Waals surface area contributed by atoms with E-state index in [2.05, 4.69) is 5.32 Å². The molecule has 0 aromatic heterocycles. The lowest BCUT2D eigenvalue weighted by Gasteiger charge is -2.20. The van der Waals surface area contributed by atoms with Gasteiger partial charge in [-0.2, -0.15) is 0 Å². The molecule has 0 aliphatic rings. The predicted molar refractivity (Wildman–Crippen MR) is 73.7 cm³/mol. The highest BCUT2D eigenvalue weighted by atomic mass is 16.4. The zero-order chi connectivity index (χ0) is 14.3. The van der Waals surface area contributed by atoms with Crippen molar-refractivity contribution in [3.8, 4) is 0 Å². The fraction of sp³-hybridized carbons (Fsp3) is 0.467. The van der Waals surface area contributed by atoms with Gasteiger partial charge < -0.3 is 10.4 Å². The normalized spacial score (nSPS) is 12.2. The predicted octanol–water partition coefficient (Wildman–Crippen LogP) is 2.09. The van der Waals surface area contributed by atoms with Gasteiger partial charge in [-0.1, -0.05) is 44.2 Å². The van der Waals surface area contributed by atoms with Gasteiger partial charge in [0.15, 0.2) is 0 Å². The van der Waals surface area contributed by atoms with Crippen molar-refractivity contribution in [3.05, 3.63) is 35.9 Å². The minimum Gasteiger partial charge on any atom is -0.481 e. The Morgan fingerprint density at radius 1 is 1.21 bits per heavy atom. The number of benzene rings is 1. The largest absolute Gasteiger partial charge is 0.481 e. The van der Waals surface area contributed by atoms with Gasteiger partial charge in [0, 0.05) is 12.5 Å². The van der Waals surface area contributed by atoms with Crippen LogP contribution in [0.25, 0.3) is 0 Å². The Kier molecular flexibility index (Phi) is 6.06. The molecule has 0 unspecified atom stereocenters. The van der Waals surface area contributed by atoms with Crippen LogP contribution in [0, 0.1) is 11.8 Å². The van der Waals surface area contributed by atoms with E-state index in [-0.39, 0.29) is 30.7 Å². The summed E-state index contributed by atoms with van der Waals surface area (Å²) >= 11 is 0. The van der Waals surface area contributed by atoms with Crippen molar-refractivity contribution >= 4 is 11.9 Å². The van der Waals surface area contributed by atoms with Crippen LogP contribution in [0.1, 0.15) is 25.8 Å². The molecule has 19 heavy (non-hydrogen) atoms. The van der Waals surface area contributed by atoms with Gasteiger partial charge in [0.05, 0.1) is 6.42 Å². The molecule has 104 valence electrons. The Labute approximate surface area is 113 Å². The molecule has 4 heteroatoms. The fourth-order valence-corrected chi connectivity index (χ4v) is 1.92. The van der Waals surface area contributed by atoms with Crippen LogP contribution in [-0.2, 0) is 16.0 Å². The molecule has 0 saturated carbocycles. The summed E-state index contributed by atoms with van der Waals surface area (Å²) in [6, 6.07) is 9.85. The monoisotopic (exact) mass is 263 g/mol. The summed E-state index contributed by atoms with van der Waals surface area (Å²) in [5.41, 5.74) is 1.12. The molecular weight excluding hydrogens is 242 g/mol. The lowest BCUT2D eigenvalue weighted by atomic mass is 9.88. The molecule has 4 nitrogen and oxygen atoms in total. The van der Waals surface area contributed by atoms with Gasteiger partial charge in [-0.25, -0.2) is 0 Å². The maximum atomic E-state index is 12.1. The average molecular weight is 263 g/mol. The molecule has 2 N–H and O–H groups in total. The first-order valence-electron chi connectivity index (χ1n) is 6.54. The van der Waals surface area contributed by atoms with Gasteiger partial charge in [-0.3, -0.25) is 9.59 Å². The van der Waals surface area contributed by atoms with Crippen LogP contribution in [0.5, 0.6) is 0 Å². The zero-order valence-corrected chi connectivity index (χ0v) is 11.4. The molecule has 1 aromatic rings. The second-order valence-corrected chi connectivity index (χ2v) is 4.97. The van der Waals surface area contributed by atoms with Gasteiger partial charge >= 0.3 is 5.97 Å². The van der Waals surface area contributed by atoms with Crippen molar-refractivity contribution in [3.63, 3.8) is 0 Å². The van der Waals surface area contributed by atoms with E-state index in [9.17, 15) is 9.59 Å². The molecule has 0 fully saturated rings. The van der Waals surface area contributed by atoms with Gasteiger partial charge in [0.25, 0.3) is 0 Å². The molecule has 1 rings (SSSR count). The van der Waals surface area contributed by atoms with Crippen LogP contribution in [0.2, 0.25) is 0 Å². The molecule has 0 bridgehead atoms. The van der Waals surface area contributed by atoms with Gasteiger partial charge in [0.1, 0.15) is 0 Å². The number of amides is 1. The fourth-order valence-electron chi connectivity index (χ4n) is 1.92. The Bertz CT molecular complexity index is 415. The first-order chi connectivity index (χ1) is 9.00. The van der Waals surface area contributed by atoms with Crippen molar-refractivity contribution < 1.29 is 14.7 Å². The van der Waals surface area contributed by atoms with E-state index < -0.39 is 5.97 Å². The number of carbonyl (C=O) groups is 2. The van der Waals surface area contributed by atoms with Crippen LogP contribution in [0.3, 0.4) is 0 Å². The second-order valence-electron chi connectivity index (χ2n) is 4.97. The zero-order valence-electron chi connectivity index (χ0n) is 11.4. The maximum absolute atomic E-state index is 12.1. The third-order valence-electron chi connectivity index (χ3n) is 3.08. The number of carbonyl (C=O) groups excluding carboxylic acids is 1. The van der Waals surface area contributed by atoms with E-state index in [0.717, 1.165) is 5.56 Å². The van der Waals surface area contributed by atoms with Crippen molar-refractivity contribution in [1.82, 2.24) is 5.32 Å². The van der Waals surface area contributed by atoms with Crippen molar-refractivity contribution in [2.45, 2.75) is 26.7 Å². The third-order valence-corrected chi connectivity index (χ3v) is 3.08. The molecule has 0 radical (unpaired) electrons. The average Bonchev–Trinajstić information content (AvgIpc) is 2.36. The van der Waals surface area contributed by atoms with E-state index in [1.807, 2.05) is 44.2 Å². The highest BCUT2D eigenvalue weighted by molar-refractivity contribution is 5.79. The van der Waals surface area contributed by atoms with Crippen LogP contribution in [0.15, 0.2) is 30.3 Å². The first kappa shape index (κ1) is 15.2. The Morgan fingerprint density at radius 2 is 1.84 bits per heavy atom. The minimum atomic E-state index is -0.899. The van der Waals surface area contributed by atoms with Gasteiger partial charge in [-0.15, -0.1) is 0 Å². The van der Waals surface area contributed by atoms with E-state index in [4.69, 9.17) is 5.11 Å². The second kappa shape index (κ2) is 7.56. The number of carboxylic acids is 1. The van der Waals surface area contributed by atoms with E-state index in [0.29, 0.717) is 6.42 Å². The van der Waals surface area contributed by atoms with Crippen LogP contribution < -0.4 is 5.32 Å². The van der Waals surface area contributed by atoms with Crippen molar-refractivity contribution in [2.75, 3.05) is 6.54 Å². The SMILES string of the molecule is CC(C)[C@H](Cc1ccccc1)C(=O)NCCC(=O)O. The van der Waals surface area contributed by atoms with Crippen LogP contribution >= 0.6 is 0 Å². The van der Waals surface area contributed by atoms with Gasteiger partial charge in [-0.05, 0) is 17.9 Å². The molecule has 0 heterocycles. The smallest absolute Gasteiger partial charge is 0.305 e. The molecule has 0 aliphatic heterocycles. The lowest BCUT2D eigenvalue weighted by Crippen LogP contribution is -2.36. The van der Waals surface area contributed by atoms with Gasteiger partial charge in [0.2, 0.25) is 5.91 Å². The van der Waals surface area contributed by atoms with E-state index >= 15 is 0 Å². The molecule has 1 aromatic carbocycles. The summed E-state index contributed by atoms with van der Waals surface area (Å²) in [6.07, 6.45) is 0.638. The summed E-state index contributed by atoms with van der Waals surface area (Å²) in [4.78, 5) is 22.5. The standard InChI is InChI=1S/C15H21NO3/c1-11(2)13(10-12-6-4-3-5-7-12)15(19)16-9-8-14(17)18/h3-7,11,13H,8-10H2,1-2H3,(H,16,19)(H,17,18)/t13-/m0/s1. The minimum absolute atomic E-state index is 0.0398. The lowest BCUT2D eigenvalue weighted by molar-refractivity contribution is -0.137. The molecule has 0 spiro atoms. The molecular formula is C15H21NO3. The molecule has 1 atom stereocenters. The van der Waals surface area contributed by atoms with E-state index in [1.54, 1.807) is 0 Å².